The van der Waals surface area contributed by atoms with E-state index >= 15 is 0 Å². The predicted octanol–water partition coefficient (Wildman–Crippen LogP) is 2.91. The minimum absolute atomic E-state index is 0.0791. The van der Waals surface area contributed by atoms with Crippen molar-refractivity contribution in [2.24, 2.45) is 0 Å². The monoisotopic (exact) mass is 434 g/mol. The molecule has 1 N–H and O–H groups in total. The molecule has 8 nitrogen and oxygen atoms in total. The third kappa shape index (κ3) is 6.04. The van der Waals surface area contributed by atoms with Crippen molar-refractivity contribution in [3.8, 4) is 5.75 Å². The SMILES string of the molecule is CCOc1ccc(C(=O)OCC(=O)Nc2cccc(S(=O)(=O)N(CC)CC)c2)cc1. The number of amides is 1. The second kappa shape index (κ2) is 10.7. The van der Waals surface area contributed by atoms with Crippen LogP contribution in [-0.2, 0) is 19.6 Å². The van der Waals surface area contributed by atoms with E-state index in [-0.39, 0.29) is 4.90 Å². The Labute approximate surface area is 176 Å². The molecule has 0 aromatic heterocycles. The highest BCUT2D eigenvalue weighted by Gasteiger charge is 2.22. The summed E-state index contributed by atoms with van der Waals surface area (Å²) in [7, 11) is -3.64. The summed E-state index contributed by atoms with van der Waals surface area (Å²) in [5.74, 6) is -0.593. The topological polar surface area (TPSA) is 102 Å². The van der Waals surface area contributed by atoms with E-state index in [4.69, 9.17) is 9.47 Å². The molecule has 0 heterocycles. The second-order valence-electron chi connectivity index (χ2n) is 6.20. The first-order valence-electron chi connectivity index (χ1n) is 9.61. The number of nitrogens with zero attached hydrogens (tertiary/aromatic N) is 1. The van der Waals surface area contributed by atoms with Crippen molar-refractivity contribution in [2.75, 3.05) is 31.6 Å². The van der Waals surface area contributed by atoms with Gasteiger partial charge in [0.05, 0.1) is 17.1 Å². The molecule has 0 atom stereocenters. The first-order chi connectivity index (χ1) is 14.3. The summed E-state index contributed by atoms with van der Waals surface area (Å²) in [6, 6.07) is 12.3. The Hall–Kier alpha value is -2.91. The van der Waals surface area contributed by atoms with Crippen LogP contribution in [0.5, 0.6) is 5.75 Å². The van der Waals surface area contributed by atoms with Crippen LogP contribution in [0.15, 0.2) is 53.4 Å². The van der Waals surface area contributed by atoms with Crippen molar-refractivity contribution in [3.63, 3.8) is 0 Å². The molecule has 9 heteroatoms. The molecule has 0 bridgehead atoms. The number of nitrogens with one attached hydrogen (secondary N) is 1. The first kappa shape index (κ1) is 23.4. The van der Waals surface area contributed by atoms with Crippen molar-refractivity contribution in [3.05, 3.63) is 54.1 Å². The van der Waals surface area contributed by atoms with Crippen LogP contribution in [0.1, 0.15) is 31.1 Å². The average Bonchev–Trinajstić information content (AvgIpc) is 2.73. The molecule has 2 aromatic rings. The van der Waals surface area contributed by atoms with Gasteiger partial charge in [0.25, 0.3) is 5.91 Å². The van der Waals surface area contributed by atoms with Gasteiger partial charge in [-0.05, 0) is 49.4 Å². The highest BCUT2D eigenvalue weighted by molar-refractivity contribution is 7.89. The second-order valence-corrected chi connectivity index (χ2v) is 8.14. The smallest absolute Gasteiger partial charge is 0.338 e. The van der Waals surface area contributed by atoms with E-state index in [1.807, 2.05) is 6.92 Å². The van der Waals surface area contributed by atoms with Crippen molar-refractivity contribution < 1.29 is 27.5 Å². The van der Waals surface area contributed by atoms with Gasteiger partial charge in [0.2, 0.25) is 10.0 Å². The maximum atomic E-state index is 12.6. The Morgan fingerprint density at radius 1 is 1.00 bits per heavy atom. The van der Waals surface area contributed by atoms with Gasteiger partial charge in [0, 0.05) is 18.8 Å². The molecule has 0 saturated heterocycles. The number of benzene rings is 2. The van der Waals surface area contributed by atoms with Crippen LogP contribution in [0, 0.1) is 0 Å². The summed E-state index contributed by atoms with van der Waals surface area (Å²) in [6.45, 7) is 6.07. The van der Waals surface area contributed by atoms with Gasteiger partial charge in [-0.25, -0.2) is 13.2 Å². The highest BCUT2D eigenvalue weighted by atomic mass is 32.2. The van der Waals surface area contributed by atoms with E-state index in [9.17, 15) is 18.0 Å². The number of rotatable bonds is 10. The summed E-state index contributed by atoms with van der Waals surface area (Å²) in [5, 5.41) is 2.54. The quantitative estimate of drug-likeness (QED) is 0.577. The van der Waals surface area contributed by atoms with Crippen molar-refractivity contribution in [1.29, 1.82) is 0 Å². The lowest BCUT2D eigenvalue weighted by Crippen LogP contribution is -2.30. The Morgan fingerprint density at radius 2 is 1.67 bits per heavy atom. The molecule has 162 valence electrons. The highest BCUT2D eigenvalue weighted by Crippen LogP contribution is 2.19. The zero-order chi connectivity index (χ0) is 22.1. The van der Waals surface area contributed by atoms with Gasteiger partial charge in [-0.3, -0.25) is 4.79 Å². The number of hydrogen-bond acceptors (Lipinski definition) is 6. The molecule has 0 spiro atoms. The van der Waals surface area contributed by atoms with Crippen LogP contribution in [0.25, 0.3) is 0 Å². The minimum atomic E-state index is -3.64. The standard InChI is InChI=1S/C21H26N2O6S/c1-4-23(5-2)30(26,27)19-9-7-8-17(14-19)22-20(24)15-29-21(25)16-10-12-18(13-11-16)28-6-3/h7-14H,4-6,15H2,1-3H3,(H,22,24). The Morgan fingerprint density at radius 3 is 2.27 bits per heavy atom. The molecule has 2 rings (SSSR count). The number of carbonyl (C=O) groups is 2. The Balaban J connectivity index is 1.97. The lowest BCUT2D eigenvalue weighted by molar-refractivity contribution is -0.119. The summed E-state index contributed by atoms with van der Waals surface area (Å²) >= 11 is 0. The van der Waals surface area contributed by atoms with Gasteiger partial charge in [0.1, 0.15) is 5.75 Å². The van der Waals surface area contributed by atoms with Crippen LogP contribution >= 0.6 is 0 Å². The summed E-state index contributed by atoms with van der Waals surface area (Å²) in [4.78, 5) is 24.3. The summed E-state index contributed by atoms with van der Waals surface area (Å²) < 4.78 is 36.9. The number of esters is 1. The Bertz CT molecular complexity index is 969. The molecule has 1 amide bonds. The average molecular weight is 435 g/mol. The summed E-state index contributed by atoms with van der Waals surface area (Å²) in [6.07, 6.45) is 0. The maximum Gasteiger partial charge on any atom is 0.338 e. The van der Waals surface area contributed by atoms with Crippen LogP contribution in [0.2, 0.25) is 0 Å². The normalized spacial score (nSPS) is 11.2. The fourth-order valence-electron chi connectivity index (χ4n) is 2.71. The van der Waals surface area contributed by atoms with Gasteiger partial charge >= 0.3 is 5.97 Å². The lowest BCUT2D eigenvalue weighted by atomic mass is 10.2. The van der Waals surface area contributed by atoms with Crippen LogP contribution in [0.3, 0.4) is 0 Å². The van der Waals surface area contributed by atoms with Gasteiger partial charge < -0.3 is 14.8 Å². The van der Waals surface area contributed by atoms with E-state index in [2.05, 4.69) is 5.32 Å². The van der Waals surface area contributed by atoms with Gasteiger partial charge in [0.15, 0.2) is 6.61 Å². The number of carbonyl (C=O) groups excluding carboxylic acids is 2. The molecule has 0 aliphatic heterocycles. The summed E-state index contributed by atoms with van der Waals surface area (Å²) in [5.41, 5.74) is 0.587. The maximum absolute atomic E-state index is 12.6. The van der Waals surface area contributed by atoms with E-state index in [1.54, 1.807) is 44.2 Å². The molecule has 0 aliphatic rings. The third-order valence-corrected chi connectivity index (χ3v) is 6.24. The predicted molar refractivity (Wildman–Crippen MR) is 113 cm³/mol. The molecule has 0 aliphatic carbocycles. The molecule has 2 aromatic carbocycles. The first-order valence-corrected chi connectivity index (χ1v) is 11.1. The molecule has 0 radical (unpaired) electrons. The fraction of sp³-hybridized carbons (Fsp3) is 0.333. The zero-order valence-corrected chi connectivity index (χ0v) is 18.1. The fourth-order valence-corrected chi connectivity index (χ4v) is 4.22. The third-order valence-electron chi connectivity index (χ3n) is 4.20. The number of hydrogen-bond donors (Lipinski definition) is 1. The molecule has 0 unspecified atom stereocenters. The van der Waals surface area contributed by atoms with E-state index in [0.717, 1.165) is 0 Å². The number of ether oxygens (including phenoxy) is 2. The molecular formula is C21H26N2O6S. The zero-order valence-electron chi connectivity index (χ0n) is 17.3. The van der Waals surface area contributed by atoms with Gasteiger partial charge in [-0.1, -0.05) is 19.9 Å². The van der Waals surface area contributed by atoms with E-state index in [1.165, 1.54) is 22.5 Å². The van der Waals surface area contributed by atoms with Gasteiger partial charge in [-0.2, -0.15) is 4.31 Å². The van der Waals surface area contributed by atoms with E-state index < -0.39 is 28.5 Å². The molecule has 0 saturated carbocycles. The van der Waals surface area contributed by atoms with Gasteiger partial charge in [-0.15, -0.1) is 0 Å². The largest absolute Gasteiger partial charge is 0.494 e. The molecule has 30 heavy (non-hydrogen) atoms. The van der Waals surface area contributed by atoms with Crippen molar-refractivity contribution in [2.45, 2.75) is 25.7 Å². The van der Waals surface area contributed by atoms with Crippen molar-refractivity contribution >= 4 is 27.6 Å². The molecule has 0 fully saturated rings. The lowest BCUT2D eigenvalue weighted by Gasteiger charge is -2.18. The molecular weight excluding hydrogens is 408 g/mol. The Kier molecular flexibility index (Phi) is 8.37. The van der Waals surface area contributed by atoms with Crippen LogP contribution in [0.4, 0.5) is 5.69 Å². The number of anilines is 1. The minimum Gasteiger partial charge on any atom is -0.494 e. The van der Waals surface area contributed by atoms with Crippen LogP contribution in [-0.4, -0.2) is 50.9 Å². The van der Waals surface area contributed by atoms with Crippen LogP contribution < -0.4 is 10.1 Å². The number of sulfonamides is 1. The van der Waals surface area contributed by atoms with E-state index in [0.29, 0.717) is 36.7 Å². The van der Waals surface area contributed by atoms with Crippen molar-refractivity contribution in [1.82, 2.24) is 4.31 Å².